The molecule has 0 bridgehead atoms. The molecule has 1 aromatic rings. The van der Waals surface area contributed by atoms with Crippen LogP contribution in [0.2, 0.25) is 0 Å². The minimum Gasteiger partial charge on any atom is -1.00 e. The summed E-state index contributed by atoms with van der Waals surface area (Å²) in [6, 6.07) is 6.83. The van der Waals surface area contributed by atoms with E-state index in [1.54, 1.807) is 18.2 Å². The van der Waals surface area contributed by atoms with Gasteiger partial charge in [-0.2, -0.15) is 0 Å². The van der Waals surface area contributed by atoms with Crippen molar-refractivity contribution in [2.75, 3.05) is 0 Å². The van der Waals surface area contributed by atoms with E-state index in [0.717, 1.165) is 5.56 Å². The van der Waals surface area contributed by atoms with Crippen molar-refractivity contribution in [1.29, 1.82) is 0 Å². The molecule has 52 valence electrons. The first kappa shape index (κ1) is 12.8. The zero-order valence-electron chi connectivity index (χ0n) is 5.60. The molecule has 0 saturated carbocycles. The van der Waals surface area contributed by atoms with Gasteiger partial charge in [0.2, 0.25) is 0 Å². The van der Waals surface area contributed by atoms with E-state index in [0.29, 0.717) is 0 Å². The predicted molar refractivity (Wildman–Crippen MR) is 30.6 cm³/mol. The van der Waals surface area contributed by atoms with Crippen LogP contribution < -0.4 is 17.5 Å². The summed E-state index contributed by atoms with van der Waals surface area (Å²) in [6.45, 7) is 1.90. The monoisotopic (exact) mass is 232 g/mol. The Bertz CT molecular complexity index is 173. The summed E-state index contributed by atoms with van der Waals surface area (Å²) in [7, 11) is 0. The van der Waals surface area contributed by atoms with E-state index in [1.165, 1.54) is 0 Å². The molecule has 10 heavy (non-hydrogen) atoms. The quantitative estimate of drug-likeness (QED) is 0.512. The van der Waals surface area contributed by atoms with E-state index >= 15 is 0 Å². The van der Waals surface area contributed by atoms with Crippen LogP contribution in [0.15, 0.2) is 24.3 Å². The smallest absolute Gasteiger partial charge is 1.00 e. The molecule has 0 aliphatic heterocycles. The van der Waals surface area contributed by atoms with Crippen LogP contribution in [-0.4, -0.2) is 0 Å². The summed E-state index contributed by atoms with van der Waals surface area (Å²) < 4.78 is 0. The van der Waals surface area contributed by atoms with Crippen LogP contribution in [0.5, 0.6) is 5.75 Å². The van der Waals surface area contributed by atoms with E-state index < -0.39 is 0 Å². The first-order valence-electron chi connectivity index (χ1n) is 2.53. The fraction of sp³-hybridized carbons (Fsp3) is 0.143. The van der Waals surface area contributed by atoms with Gasteiger partial charge >= 0.3 is 26.2 Å². The van der Waals surface area contributed by atoms with Crippen molar-refractivity contribution in [2.24, 2.45) is 0 Å². The molecular weight excluding hydrogens is 227 g/mol. The molecule has 0 spiro atoms. The van der Waals surface area contributed by atoms with Crippen LogP contribution >= 0.6 is 0 Å². The van der Waals surface area contributed by atoms with Crippen LogP contribution in [0, 0.1) is 6.92 Å². The molecule has 0 atom stereocenters. The molecule has 0 unspecified atom stereocenters. The van der Waals surface area contributed by atoms with Crippen LogP contribution in [-0.2, 0) is 26.2 Å². The van der Waals surface area contributed by atoms with Gasteiger partial charge in [0.05, 0.1) is 0 Å². The number of benzene rings is 1. The average molecular weight is 234 g/mol. The molecule has 0 N–H and O–H groups in total. The van der Waals surface area contributed by atoms with Gasteiger partial charge < -0.3 is 17.5 Å². The van der Waals surface area contributed by atoms with Crippen molar-refractivity contribution < 1.29 is 43.7 Å². The van der Waals surface area contributed by atoms with Gasteiger partial charge in [-0.3, -0.25) is 0 Å². The number of aryl methyl sites for hydroxylation is 1. The maximum atomic E-state index is 10.5. The van der Waals surface area contributed by atoms with E-state index in [1.807, 2.05) is 13.0 Å². The van der Waals surface area contributed by atoms with Gasteiger partial charge in [0, 0.05) is 0 Å². The van der Waals surface area contributed by atoms with Crippen molar-refractivity contribution in [3.63, 3.8) is 0 Å². The SMILES string of the molecule is Cc1cccc([O-])c1.[Cl-].[Zr+2]. The Kier molecular flexibility index (Phi) is 7.62. The van der Waals surface area contributed by atoms with Gasteiger partial charge in [-0.05, 0) is 6.92 Å². The van der Waals surface area contributed by atoms with E-state index in [4.69, 9.17) is 0 Å². The molecule has 0 aromatic heterocycles. The van der Waals surface area contributed by atoms with Gasteiger partial charge in [-0.1, -0.05) is 29.8 Å². The molecule has 1 rings (SSSR count). The molecule has 0 amide bonds. The molecular formula is C7H7ClOZr. The Morgan fingerprint density at radius 2 is 1.90 bits per heavy atom. The van der Waals surface area contributed by atoms with Gasteiger partial charge in [-0.15, -0.1) is 5.75 Å². The minimum atomic E-state index is 0. The Morgan fingerprint density at radius 3 is 2.20 bits per heavy atom. The van der Waals surface area contributed by atoms with Crippen molar-refractivity contribution in [3.8, 4) is 5.75 Å². The maximum absolute atomic E-state index is 10.5. The second-order valence-electron chi connectivity index (χ2n) is 1.82. The Hall–Kier alpha value is 0.193. The molecule has 1 aromatic carbocycles. The Morgan fingerprint density at radius 1 is 1.30 bits per heavy atom. The van der Waals surface area contributed by atoms with Crippen LogP contribution in [0.25, 0.3) is 0 Å². The van der Waals surface area contributed by atoms with Gasteiger partial charge in [0.25, 0.3) is 0 Å². The summed E-state index contributed by atoms with van der Waals surface area (Å²) in [5, 5.41) is 10.5. The second kappa shape index (κ2) is 5.94. The maximum Gasteiger partial charge on any atom is 2.00 e. The average Bonchev–Trinajstić information content (AvgIpc) is 1.64. The Balaban J connectivity index is 0. The van der Waals surface area contributed by atoms with Gasteiger partial charge in [0.1, 0.15) is 0 Å². The van der Waals surface area contributed by atoms with Crippen LogP contribution in [0.3, 0.4) is 0 Å². The molecule has 0 aliphatic carbocycles. The minimum absolute atomic E-state index is 0. The molecule has 3 heteroatoms. The third kappa shape index (κ3) is 4.08. The predicted octanol–water partition coefficient (Wildman–Crippen LogP) is -1.93. The number of halogens is 1. The molecule has 0 radical (unpaired) electrons. The first-order valence-corrected chi connectivity index (χ1v) is 2.53. The largest absolute Gasteiger partial charge is 2.00 e. The third-order valence-corrected chi connectivity index (χ3v) is 0.990. The fourth-order valence-electron chi connectivity index (χ4n) is 0.615. The van der Waals surface area contributed by atoms with Crippen molar-refractivity contribution in [2.45, 2.75) is 6.92 Å². The van der Waals surface area contributed by atoms with Gasteiger partial charge in [0.15, 0.2) is 0 Å². The normalized spacial score (nSPS) is 7.30. The van der Waals surface area contributed by atoms with Crippen LogP contribution in [0.1, 0.15) is 5.56 Å². The van der Waals surface area contributed by atoms with E-state index in [-0.39, 0.29) is 44.4 Å². The third-order valence-electron chi connectivity index (χ3n) is 0.990. The fourth-order valence-corrected chi connectivity index (χ4v) is 0.615. The topological polar surface area (TPSA) is 23.1 Å². The van der Waals surface area contributed by atoms with Crippen molar-refractivity contribution >= 4 is 0 Å². The second-order valence-corrected chi connectivity index (χ2v) is 1.82. The molecule has 0 fully saturated rings. The summed E-state index contributed by atoms with van der Waals surface area (Å²) in [4.78, 5) is 0. The zero-order chi connectivity index (χ0) is 5.98. The molecule has 0 aliphatic rings. The summed E-state index contributed by atoms with van der Waals surface area (Å²) in [5.74, 6) is 0.0880. The van der Waals surface area contributed by atoms with Crippen LogP contribution in [0.4, 0.5) is 0 Å². The van der Waals surface area contributed by atoms with E-state index in [9.17, 15) is 5.11 Å². The molecule has 0 heterocycles. The molecule has 1 nitrogen and oxygen atoms in total. The number of rotatable bonds is 0. The number of hydrogen-bond acceptors (Lipinski definition) is 1. The summed E-state index contributed by atoms with van der Waals surface area (Å²) in [5.41, 5.74) is 1.03. The van der Waals surface area contributed by atoms with E-state index in [2.05, 4.69) is 0 Å². The summed E-state index contributed by atoms with van der Waals surface area (Å²) >= 11 is 0. The first-order chi connectivity index (χ1) is 3.79. The molecule has 0 saturated heterocycles. The standard InChI is InChI=1S/C7H8O.ClH.Zr/c1-6-3-2-4-7(8)5-6;;/h2-5,8H,1H3;1H;/q;;+2/p-2. The Labute approximate surface area is 86.0 Å². The van der Waals surface area contributed by atoms with Gasteiger partial charge in [-0.25, -0.2) is 0 Å². The van der Waals surface area contributed by atoms with Crippen molar-refractivity contribution in [3.05, 3.63) is 29.8 Å². The van der Waals surface area contributed by atoms with Crippen molar-refractivity contribution in [1.82, 2.24) is 0 Å². The summed E-state index contributed by atoms with van der Waals surface area (Å²) in [6.07, 6.45) is 0. The number of hydrogen-bond donors (Lipinski definition) is 0. The zero-order valence-corrected chi connectivity index (χ0v) is 8.81.